The number of amides is 3. The van der Waals surface area contributed by atoms with Gasteiger partial charge in [0.1, 0.15) is 17.5 Å². The zero-order valence-electron chi connectivity index (χ0n) is 17.5. The van der Waals surface area contributed by atoms with Gasteiger partial charge < -0.3 is 31.5 Å². The summed E-state index contributed by atoms with van der Waals surface area (Å²) in [5.74, 6) is -3.31. The van der Waals surface area contributed by atoms with Crippen LogP contribution in [0.25, 0.3) is 0 Å². The maximum absolute atomic E-state index is 13.0. The molecule has 1 aromatic rings. The van der Waals surface area contributed by atoms with Crippen molar-refractivity contribution in [2.24, 2.45) is 10.9 Å². The molecule has 34 heavy (non-hydrogen) atoms. The number of carbonyl (C=O) groups excluding carboxylic acids is 3. The molecule has 4 rings (SSSR count). The normalized spacial score (nSPS) is 26.1. The van der Waals surface area contributed by atoms with Crippen LogP contribution in [0.5, 0.6) is 0 Å². The molecule has 14 nitrogen and oxygen atoms in total. The van der Waals surface area contributed by atoms with Crippen LogP contribution >= 0.6 is 23.3 Å². The number of nitrogen functional groups attached to an aromatic ring is 1. The Hall–Kier alpha value is -3.66. The minimum Gasteiger partial charge on any atom is -0.476 e. The Morgan fingerprint density at radius 2 is 2.15 bits per heavy atom. The van der Waals surface area contributed by atoms with Crippen LogP contribution < -0.4 is 16.8 Å². The molecule has 6 N–H and O–H groups in total. The molecule has 0 saturated carbocycles. The molecule has 1 aliphatic carbocycles. The number of carbonyl (C=O) groups is 4. The second kappa shape index (κ2) is 9.30. The summed E-state index contributed by atoms with van der Waals surface area (Å²) in [7, 11) is 0. The van der Waals surface area contributed by atoms with Crippen molar-refractivity contribution < 1.29 is 33.9 Å². The van der Waals surface area contributed by atoms with E-state index in [1.807, 2.05) is 6.08 Å². The van der Waals surface area contributed by atoms with Crippen molar-refractivity contribution in [1.82, 2.24) is 19.6 Å². The number of anilines is 1. The maximum atomic E-state index is 13.0. The van der Waals surface area contributed by atoms with Crippen LogP contribution in [0.4, 0.5) is 9.93 Å². The van der Waals surface area contributed by atoms with E-state index in [4.69, 9.17) is 21.0 Å². The Morgan fingerprint density at radius 1 is 1.38 bits per heavy atom. The van der Waals surface area contributed by atoms with Crippen molar-refractivity contribution in [3.8, 4) is 0 Å². The number of ether oxygens (including phenoxy) is 1. The lowest BCUT2D eigenvalue weighted by Gasteiger charge is -2.50. The fraction of sp³-hybridized carbons (Fsp3) is 0.389. The highest BCUT2D eigenvalue weighted by molar-refractivity contribution is 8.00. The smallest absolute Gasteiger partial charge is 0.409 e. The standard InChI is InChI=1S/C18H19N7O7S2/c1-6-11(31-18(20)30)10(16(28)29)25-14(27)9(15(25)33-6)21-13(26)8(12-22-17(19)34-24-12)23-32-7-4-2-3-5-7/h2,4,6-7,9,15H,3,5H2,1H3,(H2,20,30)(H,21,26)(H,28,29)(H2,19,22,24)/t6?,7?,9?,15-/m1/s1. The molecule has 0 radical (unpaired) electrons. The topological polar surface area (TPSA) is 212 Å². The maximum Gasteiger partial charge on any atom is 0.409 e. The molecule has 0 aromatic carbocycles. The number of β-lactam (4-membered cyclic amide) rings is 1. The van der Waals surface area contributed by atoms with Gasteiger partial charge in [0, 0.05) is 11.5 Å². The SMILES string of the molecule is CC1S[C@@H]2C(NC(=O)C(=NOC3C=CCC3)c3nsc(N)n3)C(=O)N2C(C(=O)O)=C1OC(N)=O. The molecule has 3 unspecified atom stereocenters. The Kier molecular flexibility index (Phi) is 6.43. The first-order valence-corrected chi connectivity index (χ1v) is 11.6. The predicted molar refractivity (Wildman–Crippen MR) is 119 cm³/mol. The first kappa shape index (κ1) is 23.5. The minimum absolute atomic E-state index is 0.0708. The van der Waals surface area contributed by atoms with E-state index in [2.05, 4.69) is 19.8 Å². The number of nitrogens with two attached hydrogens (primary N) is 2. The van der Waals surface area contributed by atoms with Crippen LogP contribution in [-0.2, 0) is 24.0 Å². The van der Waals surface area contributed by atoms with Gasteiger partial charge in [0.2, 0.25) is 11.5 Å². The van der Waals surface area contributed by atoms with Crippen molar-refractivity contribution in [3.05, 3.63) is 29.4 Å². The predicted octanol–water partition coefficient (Wildman–Crippen LogP) is -0.260. The van der Waals surface area contributed by atoms with Crippen LogP contribution in [0.2, 0.25) is 0 Å². The number of thioether (sulfide) groups is 1. The second-order valence-electron chi connectivity index (χ2n) is 7.31. The third-order valence-electron chi connectivity index (χ3n) is 5.05. The Bertz CT molecular complexity index is 1150. The molecule has 1 saturated heterocycles. The number of nitrogens with zero attached hydrogens (tertiary/aromatic N) is 4. The zero-order valence-corrected chi connectivity index (χ0v) is 19.2. The lowest BCUT2D eigenvalue weighted by atomic mass is 10.0. The third-order valence-corrected chi connectivity index (χ3v) is 6.97. The average molecular weight is 510 g/mol. The van der Waals surface area contributed by atoms with E-state index in [-0.39, 0.29) is 28.5 Å². The molecule has 0 bridgehead atoms. The zero-order chi connectivity index (χ0) is 24.6. The first-order chi connectivity index (χ1) is 16.2. The van der Waals surface area contributed by atoms with Gasteiger partial charge in [-0.25, -0.2) is 9.59 Å². The van der Waals surface area contributed by atoms with E-state index >= 15 is 0 Å². The summed E-state index contributed by atoms with van der Waals surface area (Å²) >= 11 is 1.97. The minimum atomic E-state index is -1.48. The van der Waals surface area contributed by atoms with E-state index < -0.39 is 46.2 Å². The van der Waals surface area contributed by atoms with Gasteiger partial charge in [-0.1, -0.05) is 11.2 Å². The second-order valence-corrected chi connectivity index (χ2v) is 9.56. The number of hydrogen-bond donors (Lipinski definition) is 4. The summed E-state index contributed by atoms with van der Waals surface area (Å²) in [6, 6.07) is -1.09. The molecule has 3 aliphatic rings. The van der Waals surface area contributed by atoms with Gasteiger partial charge in [0.25, 0.3) is 11.8 Å². The summed E-state index contributed by atoms with van der Waals surface area (Å²) in [5.41, 5.74) is 9.87. The lowest BCUT2D eigenvalue weighted by Crippen LogP contribution is -2.71. The Balaban J connectivity index is 1.55. The summed E-state index contributed by atoms with van der Waals surface area (Å²) in [6.45, 7) is 1.59. The van der Waals surface area contributed by atoms with Gasteiger partial charge in [0.15, 0.2) is 16.6 Å². The van der Waals surface area contributed by atoms with Gasteiger partial charge in [-0.3, -0.25) is 14.5 Å². The summed E-state index contributed by atoms with van der Waals surface area (Å²) in [6.07, 6.45) is 3.71. The highest BCUT2D eigenvalue weighted by Gasteiger charge is 2.57. The molecular weight excluding hydrogens is 490 g/mol. The Labute approximate surface area is 200 Å². The molecule has 3 heterocycles. The first-order valence-electron chi connectivity index (χ1n) is 9.91. The van der Waals surface area contributed by atoms with Gasteiger partial charge in [-0.05, 0) is 25.8 Å². The fourth-order valence-electron chi connectivity index (χ4n) is 3.54. The number of nitrogens with one attached hydrogen (secondary N) is 1. The van der Waals surface area contributed by atoms with Crippen LogP contribution in [-0.4, -0.2) is 71.7 Å². The number of oxime groups is 1. The van der Waals surface area contributed by atoms with Crippen LogP contribution in [0.15, 0.2) is 28.8 Å². The Morgan fingerprint density at radius 3 is 2.74 bits per heavy atom. The van der Waals surface area contributed by atoms with Gasteiger partial charge in [-0.2, -0.15) is 9.36 Å². The number of fused-ring (bicyclic) bond motifs is 1. The van der Waals surface area contributed by atoms with Gasteiger partial charge >= 0.3 is 12.1 Å². The van der Waals surface area contributed by atoms with E-state index in [1.165, 1.54) is 0 Å². The van der Waals surface area contributed by atoms with E-state index in [9.17, 15) is 24.3 Å². The number of carboxylic acid groups (broad SMARTS) is 1. The molecular formula is C18H19N7O7S2. The summed E-state index contributed by atoms with van der Waals surface area (Å²) < 4.78 is 8.83. The highest BCUT2D eigenvalue weighted by Crippen LogP contribution is 2.44. The molecule has 16 heteroatoms. The molecule has 2 aliphatic heterocycles. The van der Waals surface area contributed by atoms with Crippen LogP contribution in [0.1, 0.15) is 25.6 Å². The molecule has 1 aromatic heterocycles. The van der Waals surface area contributed by atoms with Crippen molar-refractivity contribution >= 4 is 58.0 Å². The number of aliphatic carboxylic acids is 1. The van der Waals surface area contributed by atoms with Crippen LogP contribution in [0, 0.1) is 0 Å². The summed E-state index contributed by atoms with van der Waals surface area (Å²) in [5, 5.41) is 14.8. The summed E-state index contributed by atoms with van der Waals surface area (Å²) in [4.78, 5) is 59.2. The fourth-order valence-corrected chi connectivity index (χ4v) is 5.35. The van der Waals surface area contributed by atoms with Crippen molar-refractivity contribution in [3.63, 3.8) is 0 Å². The van der Waals surface area contributed by atoms with Gasteiger partial charge in [-0.15, -0.1) is 11.8 Å². The molecule has 0 spiro atoms. The van der Waals surface area contributed by atoms with E-state index in [1.54, 1.807) is 13.0 Å². The largest absolute Gasteiger partial charge is 0.476 e. The number of allylic oxidation sites excluding steroid dienone is 1. The average Bonchev–Trinajstić information content (AvgIpc) is 3.44. The highest BCUT2D eigenvalue weighted by atomic mass is 32.2. The number of rotatable bonds is 7. The number of hydrogen-bond acceptors (Lipinski definition) is 12. The molecule has 180 valence electrons. The quantitative estimate of drug-likeness (QED) is 0.163. The van der Waals surface area contributed by atoms with E-state index in [0.717, 1.165) is 34.6 Å². The monoisotopic (exact) mass is 509 g/mol. The lowest BCUT2D eigenvalue weighted by molar-refractivity contribution is -0.150. The molecule has 3 amide bonds. The van der Waals surface area contributed by atoms with E-state index in [0.29, 0.717) is 6.42 Å². The number of carboxylic acids is 1. The van der Waals surface area contributed by atoms with Gasteiger partial charge in [0.05, 0.1) is 5.25 Å². The number of aromatic nitrogens is 2. The molecule has 4 atom stereocenters. The van der Waals surface area contributed by atoms with Crippen molar-refractivity contribution in [2.45, 2.75) is 42.5 Å². The van der Waals surface area contributed by atoms with Crippen LogP contribution in [0.3, 0.4) is 0 Å². The number of primary amides is 1. The molecule has 1 fully saturated rings. The van der Waals surface area contributed by atoms with Crippen molar-refractivity contribution in [2.75, 3.05) is 5.73 Å². The van der Waals surface area contributed by atoms with Crippen molar-refractivity contribution in [1.29, 1.82) is 0 Å². The third kappa shape index (κ3) is 4.41.